The molecule has 5 heteroatoms. The first kappa shape index (κ1) is 11.0. The molecule has 0 fully saturated rings. The highest BCUT2D eigenvalue weighted by Crippen LogP contribution is 2.29. The zero-order valence-corrected chi connectivity index (χ0v) is 10.4. The lowest BCUT2D eigenvalue weighted by molar-refractivity contribution is 0.0701. The Morgan fingerprint density at radius 2 is 2.17 bits per heavy atom. The third-order valence-corrected chi connectivity index (χ3v) is 3.93. The van der Waals surface area contributed by atoms with Crippen LogP contribution in [0, 0.1) is 6.92 Å². The molecule has 0 spiro atoms. The van der Waals surface area contributed by atoms with Crippen molar-refractivity contribution >= 4 is 28.2 Å². The molecule has 0 aliphatic rings. The Hall–Kier alpha value is -2.14. The summed E-state index contributed by atoms with van der Waals surface area (Å²) in [5.41, 5.74) is 2.44. The van der Waals surface area contributed by atoms with E-state index in [0.717, 1.165) is 16.6 Å². The van der Waals surface area contributed by atoms with Crippen molar-refractivity contribution < 1.29 is 9.90 Å². The van der Waals surface area contributed by atoms with E-state index < -0.39 is 5.97 Å². The third-order valence-electron chi connectivity index (χ3n) is 2.75. The minimum atomic E-state index is -0.924. The van der Waals surface area contributed by atoms with Crippen LogP contribution in [-0.4, -0.2) is 21.0 Å². The Balaban J connectivity index is 2.14. The number of nitrogens with one attached hydrogen (secondary N) is 1. The Morgan fingerprint density at radius 3 is 2.83 bits per heavy atom. The van der Waals surface area contributed by atoms with Crippen LogP contribution in [-0.2, 0) is 0 Å². The van der Waals surface area contributed by atoms with E-state index in [2.05, 4.69) is 9.97 Å². The average Bonchev–Trinajstić information content (AvgIpc) is 2.91. The smallest absolute Gasteiger partial charge is 0.347 e. The number of thiazole rings is 1. The molecule has 2 aromatic heterocycles. The minimum absolute atomic E-state index is 0.295. The molecule has 0 aliphatic carbocycles. The maximum atomic E-state index is 11.0. The number of rotatable bonds is 2. The summed E-state index contributed by atoms with van der Waals surface area (Å²) in [6.45, 7) is 1.71. The molecule has 0 radical (unpaired) electrons. The Morgan fingerprint density at radius 1 is 1.39 bits per heavy atom. The lowest BCUT2D eigenvalue weighted by atomic mass is 10.2. The first-order chi connectivity index (χ1) is 8.65. The van der Waals surface area contributed by atoms with E-state index in [9.17, 15) is 4.79 Å². The Bertz CT molecular complexity index is 709. The second kappa shape index (κ2) is 3.96. The second-order valence-corrected chi connectivity index (χ2v) is 5.01. The number of aromatic carboxylic acids is 1. The van der Waals surface area contributed by atoms with E-state index in [1.807, 2.05) is 30.3 Å². The second-order valence-electron chi connectivity index (χ2n) is 4.01. The van der Waals surface area contributed by atoms with Crippen LogP contribution in [0.3, 0.4) is 0 Å². The van der Waals surface area contributed by atoms with Crippen molar-refractivity contribution in [2.75, 3.05) is 0 Å². The Labute approximate surface area is 107 Å². The zero-order valence-electron chi connectivity index (χ0n) is 9.60. The van der Waals surface area contributed by atoms with E-state index in [1.165, 1.54) is 11.3 Å². The molecule has 2 N–H and O–H groups in total. The van der Waals surface area contributed by atoms with Crippen LogP contribution in [0.4, 0.5) is 0 Å². The van der Waals surface area contributed by atoms with Crippen LogP contribution in [0.2, 0.25) is 0 Å². The summed E-state index contributed by atoms with van der Waals surface area (Å²) in [6, 6.07) is 9.90. The molecule has 90 valence electrons. The fourth-order valence-corrected chi connectivity index (χ4v) is 2.78. The number of aromatic amines is 1. The van der Waals surface area contributed by atoms with Gasteiger partial charge < -0.3 is 10.1 Å². The summed E-state index contributed by atoms with van der Waals surface area (Å²) in [5.74, 6) is -0.924. The fourth-order valence-electron chi connectivity index (χ4n) is 1.90. The molecule has 0 saturated heterocycles. The molecule has 0 atom stereocenters. The van der Waals surface area contributed by atoms with Gasteiger partial charge in [0.2, 0.25) is 0 Å². The average molecular weight is 258 g/mol. The summed E-state index contributed by atoms with van der Waals surface area (Å²) in [7, 11) is 0. The maximum Gasteiger partial charge on any atom is 0.347 e. The van der Waals surface area contributed by atoms with Crippen LogP contribution in [0.5, 0.6) is 0 Å². The Kier molecular flexibility index (Phi) is 2.41. The standard InChI is InChI=1S/C13H10N2O2S/c1-7-11(13(16)17)18-12(14-7)10-6-8-4-2-3-5-9(8)15-10/h2-6,15H,1H3,(H,16,17). The van der Waals surface area contributed by atoms with Crippen molar-refractivity contribution in [3.63, 3.8) is 0 Å². The number of para-hydroxylation sites is 1. The van der Waals surface area contributed by atoms with E-state index >= 15 is 0 Å². The molecule has 3 rings (SSSR count). The van der Waals surface area contributed by atoms with Crippen LogP contribution in [0.1, 0.15) is 15.4 Å². The molecule has 0 bridgehead atoms. The number of H-pyrrole nitrogens is 1. The van der Waals surface area contributed by atoms with Gasteiger partial charge in [0.15, 0.2) is 0 Å². The van der Waals surface area contributed by atoms with Gasteiger partial charge in [0.1, 0.15) is 9.88 Å². The predicted octanol–water partition coefficient (Wildman–Crippen LogP) is 3.30. The SMILES string of the molecule is Cc1nc(-c2cc3ccccc3[nH]2)sc1C(=O)O. The molecule has 2 heterocycles. The number of hydrogen-bond donors (Lipinski definition) is 2. The minimum Gasteiger partial charge on any atom is -0.477 e. The van der Waals surface area contributed by atoms with Crippen molar-refractivity contribution in [3.8, 4) is 10.7 Å². The van der Waals surface area contributed by atoms with Crippen molar-refractivity contribution in [1.82, 2.24) is 9.97 Å². The summed E-state index contributed by atoms with van der Waals surface area (Å²) in [6.07, 6.45) is 0. The van der Waals surface area contributed by atoms with E-state index in [4.69, 9.17) is 5.11 Å². The molecular weight excluding hydrogens is 248 g/mol. The van der Waals surface area contributed by atoms with Gasteiger partial charge >= 0.3 is 5.97 Å². The van der Waals surface area contributed by atoms with Crippen LogP contribution >= 0.6 is 11.3 Å². The van der Waals surface area contributed by atoms with Crippen molar-refractivity contribution in [1.29, 1.82) is 0 Å². The van der Waals surface area contributed by atoms with Gasteiger partial charge in [0.25, 0.3) is 0 Å². The van der Waals surface area contributed by atoms with Gasteiger partial charge in [-0.05, 0) is 19.1 Å². The topological polar surface area (TPSA) is 66.0 Å². The van der Waals surface area contributed by atoms with Gasteiger partial charge in [-0.2, -0.15) is 0 Å². The number of aryl methyl sites for hydroxylation is 1. The molecule has 1 aromatic carbocycles. The number of aromatic nitrogens is 2. The molecular formula is C13H10N2O2S. The van der Waals surface area contributed by atoms with E-state index in [0.29, 0.717) is 15.6 Å². The number of carboxylic acid groups (broad SMARTS) is 1. The van der Waals surface area contributed by atoms with E-state index in [-0.39, 0.29) is 0 Å². The van der Waals surface area contributed by atoms with Crippen LogP contribution in [0.15, 0.2) is 30.3 Å². The number of carboxylic acids is 1. The zero-order chi connectivity index (χ0) is 12.7. The highest BCUT2D eigenvalue weighted by molar-refractivity contribution is 7.17. The predicted molar refractivity (Wildman–Crippen MR) is 71.1 cm³/mol. The highest BCUT2D eigenvalue weighted by atomic mass is 32.1. The number of hydrogen-bond acceptors (Lipinski definition) is 3. The molecule has 0 unspecified atom stereocenters. The molecule has 0 aliphatic heterocycles. The molecule has 4 nitrogen and oxygen atoms in total. The lowest BCUT2D eigenvalue weighted by Gasteiger charge is -1.87. The number of benzene rings is 1. The largest absolute Gasteiger partial charge is 0.477 e. The fraction of sp³-hybridized carbons (Fsp3) is 0.0769. The lowest BCUT2D eigenvalue weighted by Crippen LogP contribution is -1.94. The number of fused-ring (bicyclic) bond motifs is 1. The van der Waals surface area contributed by atoms with Gasteiger partial charge in [0.05, 0.1) is 11.4 Å². The van der Waals surface area contributed by atoms with Gasteiger partial charge in [-0.1, -0.05) is 18.2 Å². The summed E-state index contributed by atoms with van der Waals surface area (Å²) in [5, 5.41) is 10.8. The number of nitrogens with zero attached hydrogens (tertiary/aromatic N) is 1. The maximum absolute atomic E-state index is 11.0. The summed E-state index contributed by atoms with van der Waals surface area (Å²) >= 11 is 1.19. The molecule has 3 aromatic rings. The van der Waals surface area contributed by atoms with Crippen molar-refractivity contribution in [2.24, 2.45) is 0 Å². The van der Waals surface area contributed by atoms with Gasteiger partial charge in [-0.15, -0.1) is 11.3 Å². The first-order valence-electron chi connectivity index (χ1n) is 5.44. The first-order valence-corrected chi connectivity index (χ1v) is 6.25. The monoisotopic (exact) mass is 258 g/mol. The van der Waals surface area contributed by atoms with Crippen molar-refractivity contribution in [3.05, 3.63) is 40.9 Å². The van der Waals surface area contributed by atoms with Crippen molar-refractivity contribution in [2.45, 2.75) is 6.92 Å². The van der Waals surface area contributed by atoms with Gasteiger partial charge in [-0.3, -0.25) is 0 Å². The van der Waals surface area contributed by atoms with E-state index in [1.54, 1.807) is 6.92 Å². The summed E-state index contributed by atoms with van der Waals surface area (Å²) < 4.78 is 0. The molecule has 0 saturated carbocycles. The summed E-state index contributed by atoms with van der Waals surface area (Å²) in [4.78, 5) is 18.8. The number of carbonyl (C=O) groups is 1. The van der Waals surface area contributed by atoms with Crippen LogP contribution in [0.25, 0.3) is 21.6 Å². The highest BCUT2D eigenvalue weighted by Gasteiger charge is 2.16. The van der Waals surface area contributed by atoms with Crippen LogP contribution < -0.4 is 0 Å². The molecule has 18 heavy (non-hydrogen) atoms. The third kappa shape index (κ3) is 1.69. The van der Waals surface area contributed by atoms with Gasteiger partial charge in [0, 0.05) is 10.9 Å². The molecule has 0 amide bonds. The van der Waals surface area contributed by atoms with Gasteiger partial charge in [-0.25, -0.2) is 9.78 Å². The normalized spacial score (nSPS) is 10.9. The quantitative estimate of drug-likeness (QED) is 0.741.